The van der Waals surface area contributed by atoms with Gasteiger partial charge in [-0.25, -0.2) is 27.5 Å². The van der Waals surface area contributed by atoms with Gasteiger partial charge in [0.2, 0.25) is 36.5 Å². The fraction of sp³-hybridized carbons (Fsp3) is 0.409. The number of rotatable bonds is 10. The molecular weight excluding hydrogens is 795 g/mol. The molecule has 4 amide bonds. The fourth-order valence-electron chi connectivity index (χ4n) is 8.42. The number of benzene rings is 3. The number of hydrogen-bond acceptors (Lipinski definition) is 10. The third kappa shape index (κ3) is 10.8. The first kappa shape index (κ1) is 43.0. The molecule has 1 unspecified atom stereocenters. The van der Waals surface area contributed by atoms with E-state index in [1.165, 1.54) is 6.07 Å². The maximum atomic E-state index is 15.2. The molecule has 0 radical (unpaired) electrons. The minimum atomic E-state index is -1.75. The van der Waals surface area contributed by atoms with E-state index in [0.29, 0.717) is 53.7 Å². The van der Waals surface area contributed by atoms with Crippen LogP contribution in [-0.4, -0.2) is 90.2 Å². The van der Waals surface area contributed by atoms with Crippen molar-refractivity contribution in [3.8, 4) is 11.3 Å². The van der Waals surface area contributed by atoms with Crippen LogP contribution in [0.15, 0.2) is 72.9 Å². The highest BCUT2D eigenvalue weighted by molar-refractivity contribution is 6.01. The van der Waals surface area contributed by atoms with Crippen molar-refractivity contribution < 1.29 is 42.4 Å². The normalized spacial score (nSPS) is 19.1. The number of hydrogen-bond donors (Lipinski definition) is 4. The predicted octanol–water partition coefficient (Wildman–Crippen LogP) is 8.09. The molecule has 4 saturated heterocycles. The number of carbonyl (C=O) groups excluding carboxylic acids is 4. The first-order valence-electron chi connectivity index (χ1n) is 20.7. The summed E-state index contributed by atoms with van der Waals surface area (Å²) in [5.41, 5.74) is 3.78. The van der Waals surface area contributed by atoms with E-state index in [1.807, 2.05) is 6.07 Å². The smallest absolute Gasteiger partial charge is 0.249 e. The van der Waals surface area contributed by atoms with Crippen LogP contribution in [0.3, 0.4) is 0 Å². The number of amides is 4. The van der Waals surface area contributed by atoms with E-state index in [0.717, 1.165) is 76.6 Å². The number of anilines is 6. The lowest BCUT2D eigenvalue weighted by atomic mass is 9.92. The number of alkyl halides is 2. The van der Waals surface area contributed by atoms with Crippen LogP contribution in [-0.2, 0) is 19.2 Å². The lowest BCUT2D eigenvalue weighted by Crippen LogP contribution is -2.49. The number of piperidine rings is 4. The second-order valence-electron chi connectivity index (χ2n) is 15.6. The molecule has 0 aliphatic carbocycles. The van der Waals surface area contributed by atoms with Gasteiger partial charge in [-0.3, -0.25) is 24.5 Å². The zero-order chi connectivity index (χ0) is 42.9. The van der Waals surface area contributed by atoms with Gasteiger partial charge < -0.3 is 30.7 Å². The molecule has 0 bridgehead atoms. The van der Waals surface area contributed by atoms with Crippen LogP contribution in [0.5, 0.6) is 0 Å². The van der Waals surface area contributed by atoms with Gasteiger partial charge in [0.1, 0.15) is 17.6 Å². The summed E-state index contributed by atoms with van der Waals surface area (Å²) < 4.78 is 49.4. The molecule has 4 aliphatic rings. The molecule has 4 aliphatic heterocycles. The van der Waals surface area contributed by atoms with E-state index >= 15 is 4.39 Å². The number of likely N-dealkylation sites (tertiary alicyclic amines) is 1. The molecule has 61 heavy (non-hydrogen) atoms. The zero-order valence-electron chi connectivity index (χ0n) is 33.6. The first-order chi connectivity index (χ1) is 29.6. The maximum absolute atomic E-state index is 15.2. The lowest BCUT2D eigenvalue weighted by molar-refractivity contribution is -0.133. The molecule has 17 heteroatoms. The number of nitrogens with zero attached hydrogens (tertiary/aromatic N) is 5. The Morgan fingerprint density at radius 3 is 2.23 bits per heavy atom. The van der Waals surface area contributed by atoms with Crippen molar-refractivity contribution in [3.63, 3.8) is 0 Å². The van der Waals surface area contributed by atoms with E-state index in [-0.39, 0.29) is 53.2 Å². The molecule has 4 fully saturated rings. The summed E-state index contributed by atoms with van der Waals surface area (Å²) in [4.78, 5) is 64.1. The van der Waals surface area contributed by atoms with Crippen LogP contribution in [0.2, 0.25) is 0 Å². The van der Waals surface area contributed by atoms with E-state index in [9.17, 15) is 32.3 Å². The monoisotopic (exact) mass is 851 g/mol. The van der Waals surface area contributed by atoms with Gasteiger partial charge in [-0.2, -0.15) is 0 Å². The molecule has 5 heterocycles. The molecule has 4 aromatic rings. The van der Waals surface area contributed by atoms with E-state index in [2.05, 4.69) is 41.0 Å². The number of imide groups is 1. The van der Waals surface area contributed by atoms with Crippen LogP contribution in [0, 0.1) is 17.6 Å². The molecule has 1 atom stereocenters. The Hall–Kier alpha value is -6.10. The van der Waals surface area contributed by atoms with Crippen molar-refractivity contribution in [2.24, 2.45) is 5.92 Å². The average Bonchev–Trinajstić information content (AvgIpc) is 3.27. The van der Waals surface area contributed by atoms with Gasteiger partial charge in [0.25, 0.3) is 0 Å². The Balaban J connectivity index is 0.00000156. The Bertz CT molecular complexity index is 2220. The summed E-state index contributed by atoms with van der Waals surface area (Å²) in [5.74, 6) is -1.44. The molecule has 3 aromatic carbocycles. The maximum Gasteiger partial charge on any atom is 0.249 e. The van der Waals surface area contributed by atoms with Crippen molar-refractivity contribution in [3.05, 3.63) is 84.6 Å². The highest BCUT2D eigenvalue weighted by Crippen LogP contribution is 2.32. The van der Waals surface area contributed by atoms with Crippen molar-refractivity contribution in [2.75, 3.05) is 65.4 Å². The summed E-state index contributed by atoms with van der Waals surface area (Å²) in [6.07, 6.45) is 7.35. The molecular formula is C44H57F4N9O4. The average molecular weight is 852 g/mol. The third-order valence-corrected chi connectivity index (χ3v) is 11.7. The van der Waals surface area contributed by atoms with Crippen molar-refractivity contribution >= 4 is 58.0 Å². The Labute approximate surface area is 357 Å². The van der Waals surface area contributed by atoms with Gasteiger partial charge in [-0.1, -0.05) is 12.1 Å². The van der Waals surface area contributed by atoms with Crippen molar-refractivity contribution in [1.82, 2.24) is 20.2 Å². The predicted molar refractivity (Wildman–Crippen MR) is 233 cm³/mol. The van der Waals surface area contributed by atoms with Gasteiger partial charge in [-0.15, -0.1) is 0 Å². The SMILES string of the molecule is FCF.O=C1CCC(Nc2ccc(N3CCC(N4CCC(C(=O)Nc5ccc(Nc6ncc(F)c(-c7cccc(N8CCCCC8=O)c7)n6)cc5)CC4)CC3)c(F)c2)C(=O)N1.[HH].[HH].[HH].[HH]. The first-order valence-corrected chi connectivity index (χ1v) is 20.7. The van der Waals surface area contributed by atoms with Gasteiger partial charge in [-0.05, 0) is 113 Å². The molecule has 0 saturated carbocycles. The van der Waals surface area contributed by atoms with Gasteiger partial charge in [0.15, 0.2) is 5.82 Å². The summed E-state index contributed by atoms with van der Waals surface area (Å²) in [6.45, 7) is 1.97. The number of aromatic nitrogens is 2. The Kier molecular flexibility index (Phi) is 14.1. The number of halogens is 4. The summed E-state index contributed by atoms with van der Waals surface area (Å²) in [6, 6.07) is 19.1. The van der Waals surface area contributed by atoms with Crippen molar-refractivity contribution in [1.29, 1.82) is 0 Å². The largest absolute Gasteiger partial charge is 0.374 e. The number of nitrogens with one attached hydrogen (secondary N) is 4. The quantitative estimate of drug-likeness (QED) is 0.0911. The molecule has 0 spiro atoms. The van der Waals surface area contributed by atoms with Crippen LogP contribution in [0.25, 0.3) is 11.3 Å². The number of carbonyl (C=O) groups is 4. The van der Waals surface area contributed by atoms with Crippen molar-refractivity contribution in [2.45, 2.75) is 69.9 Å². The highest BCUT2D eigenvalue weighted by atomic mass is 19.3. The highest BCUT2D eigenvalue weighted by Gasteiger charge is 2.32. The molecule has 330 valence electrons. The summed E-state index contributed by atoms with van der Waals surface area (Å²) >= 11 is 0. The Morgan fingerprint density at radius 2 is 1.52 bits per heavy atom. The van der Waals surface area contributed by atoms with E-state index in [4.69, 9.17) is 0 Å². The molecule has 8 rings (SSSR count). The van der Waals surface area contributed by atoms with E-state index < -0.39 is 24.7 Å². The van der Waals surface area contributed by atoms with Crippen LogP contribution in [0.1, 0.15) is 63.5 Å². The zero-order valence-corrected chi connectivity index (χ0v) is 33.6. The molecule has 1 aromatic heterocycles. The second kappa shape index (κ2) is 20.0. The minimum absolute atomic E-state index is 0. The van der Waals surface area contributed by atoms with Crippen LogP contribution in [0.4, 0.5) is 51.9 Å². The van der Waals surface area contributed by atoms with Crippen LogP contribution < -0.4 is 31.1 Å². The minimum Gasteiger partial charge on any atom is -0.374 e. The summed E-state index contributed by atoms with van der Waals surface area (Å²) in [7, 11) is 0. The fourth-order valence-corrected chi connectivity index (χ4v) is 8.42. The standard InChI is InChI=1S/C43H47F2N9O4.CH2F2.4H2/c44-34-25-31(47-36-12-14-38(55)50-42(36)58)11-13-37(34)53-22-17-32(18-23-53)52-20-15-27(16-21-52)41(57)48-29-7-9-30(10-8-29)49-43-46-26-35(45)40(51-43)28-4-3-5-33(24-28)54-19-2-1-6-39(54)56;2-1-3;;;;/h3-5,7-11,13,24-27,32,36,47H,1-2,6,12,14-23H2,(H,48,57)(H,46,49,51)(H,50,55,58);1H2;4*1H. The Morgan fingerprint density at radius 1 is 0.803 bits per heavy atom. The summed E-state index contributed by atoms with van der Waals surface area (Å²) in [5, 5.41) is 11.5. The molecule has 4 N–H and O–H groups in total. The second-order valence-corrected chi connectivity index (χ2v) is 15.6. The van der Waals surface area contributed by atoms with Gasteiger partial charge >= 0.3 is 0 Å². The molecule has 13 nitrogen and oxygen atoms in total. The topological polar surface area (TPSA) is 152 Å². The lowest BCUT2D eigenvalue weighted by Gasteiger charge is -2.42. The third-order valence-electron chi connectivity index (χ3n) is 11.7. The van der Waals surface area contributed by atoms with Gasteiger partial charge in [0.05, 0.1) is 11.9 Å². The van der Waals surface area contributed by atoms with Crippen LogP contribution >= 0.6 is 0 Å². The van der Waals surface area contributed by atoms with E-state index in [1.54, 1.807) is 59.5 Å². The van der Waals surface area contributed by atoms with Gasteiger partial charge in [0, 0.05) is 78.5 Å².